The number of nitrogens with zero attached hydrogens (tertiary/aromatic N) is 2. The van der Waals surface area contributed by atoms with Crippen molar-refractivity contribution in [2.45, 2.75) is 26.5 Å². The minimum absolute atomic E-state index is 0.580. The summed E-state index contributed by atoms with van der Waals surface area (Å²) in [5, 5.41) is 19.0. The average molecular weight is 270 g/mol. The molecule has 2 aromatic rings. The Hall–Kier alpha value is -2.25. The van der Waals surface area contributed by atoms with E-state index in [0.29, 0.717) is 12.1 Å². The summed E-state index contributed by atoms with van der Waals surface area (Å²) < 4.78 is 5.38. The van der Waals surface area contributed by atoms with Crippen molar-refractivity contribution in [3.8, 4) is 6.07 Å². The summed E-state index contributed by atoms with van der Waals surface area (Å²) >= 11 is 0. The number of furan rings is 1. The zero-order valence-corrected chi connectivity index (χ0v) is 11.7. The molecule has 0 unspecified atom stereocenters. The van der Waals surface area contributed by atoms with Gasteiger partial charge in [0.25, 0.3) is 0 Å². The van der Waals surface area contributed by atoms with Gasteiger partial charge in [-0.25, -0.2) is 0 Å². The van der Waals surface area contributed by atoms with Crippen LogP contribution >= 0.6 is 0 Å². The largest absolute Gasteiger partial charge is 0.467 e. The van der Waals surface area contributed by atoms with E-state index >= 15 is 0 Å². The highest BCUT2D eigenvalue weighted by atomic mass is 16.3. The number of hydrogen-bond acceptors (Lipinski definition) is 4. The van der Waals surface area contributed by atoms with Crippen LogP contribution in [0.5, 0.6) is 0 Å². The molecule has 2 rings (SSSR count). The van der Waals surface area contributed by atoms with Crippen molar-refractivity contribution in [1.82, 2.24) is 0 Å². The van der Waals surface area contributed by atoms with Crippen molar-refractivity contribution < 1.29 is 9.52 Å². The van der Waals surface area contributed by atoms with Gasteiger partial charge >= 0.3 is 0 Å². The summed E-state index contributed by atoms with van der Waals surface area (Å²) in [6, 6.07) is 11.3. The van der Waals surface area contributed by atoms with E-state index in [1.165, 1.54) is 0 Å². The van der Waals surface area contributed by atoms with E-state index in [9.17, 15) is 5.11 Å². The van der Waals surface area contributed by atoms with Crippen LogP contribution < -0.4 is 4.90 Å². The van der Waals surface area contributed by atoms with Crippen LogP contribution in [-0.2, 0) is 6.54 Å². The molecule has 1 heterocycles. The highest BCUT2D eigenvalue weighted by Gasteiger charge is 2.15. The normalized spacial score (nSPS) is 11.9. The summed E-state index contributed by atoms with van der Waals surface area (Å²) in [5.74, 6) is 0.853. The molecule has 0 amide bonds. The zero-order valence-electron chi connectivity index (χ0n) is 11.7. The number of hydrogen-bond donors (Lipinski definition) is 1. The summed E-state index contributed by atoms with van der Waals surface area (Å²) in [7, 11) is 0. The monoisotopic (exact) mass is 270 g/mol. The molecule has 104 valence electrons. The van der Waals surface area contributed by atoms with Crippen LogP contribution in [0, 0.1) is 11.3 Å². The molecule has 0 aliphatic rings. The molecular formula is C16H18N2O2. The lowest BCUT2D eigenvalue weighted by atomic mass is 10.0. The second kappa shape index (κ2) is 6.27. The third kappa shape index (κ3) is 3.01. The molecule has 0 aliphatic carbocycles. The molecule has 4 nitrogen and oxygen atoms in total. The fourth-order valence-electron chi connectivity index (χ4n) is 2.20. The van der Waals surface area contributed by atoms with Crippen molar-refractivity contribution >= 4 is 5.69 Å². The number of nitriles is 1. The first-order valence-corrected chi connectivity index (χ1v) is 6.65. The lowest BCUT2D eigenvalue weighted by molar-refractivity contribution is 0.199. The van der Waals surface area contributed by atoms with E-state index in [4.69, 9.17) is 9.68 Å². The molecule has 0 fully saturated rings. The standard InChI is InChI=1S/C16H18N2O2/c1-3-18(11-14-5-4-8-20-14)16-9-13(10-17)6-7-15(16)12(2)19/h4-9,12,19H,3,11H2,1-2H3/t12-/m1/s1. The van der Waals surface area contributed by atoms with Gasteiger partial charge in [0.15, 0.2) is 0 Å². The van der Waals surface area contributed by atoms with Crippen LogP contribution in [-0.4, -0.2) is 11.7 Å². The van der Waals surface area contributed by atoms with Crippen molar-refractivity contribution in [1.29, 1.82) is 5.26 Å². The van der Waals surface area contributed by atoms with Crippen LogP contribution in [0.1, 0.15) is 36.8 Å². The molecule has 0 saturated carbocycles. The number of rotatable bonds is 5. The predicted molar refractivity (Wildman–Crippen MR) is 77.2 cm³/mol. The van der Waals surface area contributed by atoms with Gasteiger partial charge in [0.1, 0.15) is 5.76 Å². The van der Waals surface area contributed by atoms with Gasteiger partial charge in [0.2, 0.25) is 0 Å². The van der Waals surface area contributed by atoms with Gasteiger partial charge in [-0.3, -0.25) is 0 Å². The predicted octanol–water partition coefficient (Wildman–Crippen LogP) is 3.23. The summed E-state index contributed by atoms with van der Waals surface area (Å²) in [6.07, 6.45) is 1.06. The number of aliphatic hydroxyl groups excluding tert-OH is 1. The first-order chi connectivity index (χ1) is 9.65. The average Bonchev–Trinajstić information content (AvgIpc) is 2.97. The van der Waals surface area contributed by atoms with Gasteiger partial charge in [-0.15, -0.1) is 0 Å². The number of anilines is 1. The quantitative estimate of drug-likeness (QED) is 0.906. The van der Waals surface area contributed by atoms with Gasteiger partial charge in [-0.1, -0.05) is 6.07 Å². The van der Waals surface area contributed by atoms with Crippen LogP contribution in [0.15, 0.2) is 41.0 Å². The summed E-state index contributed by atoms with van der Waals surface area (Å²) in [4.78, 5) is 2.09. The van der Waals surface area contributed by atoms with Crippen LogP contribution in [0.4, 0.5) is 5.69 Å². The maximum atomic E-state index is 9.91. The van der Waals surface area contributed by atoms with E-state index in [-0.39, 0.29) is 0 Å². The Labute approximate surface area is 118 Å². The molecule has 0 spiro atoms. The summed E-state index contributed by atoms with van der Waals surface area (Å²) in [5.41, 5.74) is 2.28. The molecule has 1 N–H and O–H groups in total. The van der Waals surface area contributed by atoms with Gasteiger partial charge in [-0.2, -0.15) is 5.26 Å². The van der Waals surface area contributed by atoms with E-state index in [0.717, 1.165) is 23.6 Å². The number of aliphatic hydroxyl groups is 1. The minimum atomic E-state index is -0.580. The molecule has 0 saturated heterocycles. The Kier molecular flexibility index (Phi) is 4.44. The second-order valence-electron chi connectivity index (χ2n) is 4.65. The topological polar surface area (TPSA) is 60.4 Å². The van der Waals surface area contributed by atoms with E-state index in [1.807, 2.05) is 31.2 Å². The Balaban J connectivity index is 2.39. The first kappa shape index (κ1) is 14.2. The molecular weight excluding hydrogens is 252 g/mol. The second-order valence-corrected chi connectivity index (χ2v) is 4.65. The fraction of sp³-hybridized carbons (Fsp3) is 0.312. The van der Waals surface area contributed by atoms with E-state index in [2.05, 4.69) is 11.0 Å². The van der Waals surface area contributed by atoms with Crippen molar-refractivity contribution in [3.05, 3.63) is 53.5 Å². The highest BCUT2D eigenvalue weighted by molar-refractivity contribution is 5.58. The molecule has 4 heteroatoms. The fourth-order valence-corrected chi connectivity index (χ4v) is 2.20. The Morgan fingerprint density at radius 3 is 2.75 bits per heavy atom. The molecule has 0 radical (unpaired) electrons. The maximum Gasteiger partial charge on any atom is 0.123 e. The lowest BCUT2D eigenvalue weighted by Crippen LogP contribution is -2.23. The van der Waals surface area contributed by atoms with Gasteiger partial charge in [-0.05, 0) is 38.1 Å². The van der Waals surface area contributed by atoms with Gasteiger partial charge in [0.05, 0.1) is 30.5 Å². The minimum Gasteiger partial charge on any atom is -0.467 e. The zero-order chi connectivity index (χ0) is 14.5. The lowest BCUT2D eigenvalue weighted by Gasteiger charge is -2.26. The molecule has 1 atom stereocenters. The molecule has 1 aromatic carbocycles. The maximum absolute atomic E-state index is 9.91. The molecule has 0 aliphatic heterocycles. The van der Waals surface area contributed by atoms with Crippen LogP contribution in [0.3, 0.4) is 0 Å². The summed E-state index contributed by atoms with van der Waals surface area (Å²) in [6.45, 7) is 5.13. The van der Waals surface area contributed by atoms with Crippen LogP contribution in [0.2, 0.25) is 0 Å². The molecule has 0 bridgehead atoms. The molecule has 1 aromatic heterocycles. The van der Waals surface area contributed by atoms with Gasteiger partial charge < -0.3 is 14.4 Å². The van der Waals surface area contributed by atoms with E-state index in [1.54, 1.807) is 19.3 Å². The SMILES string of the molecule is CCN(Cc1ccco1)c1cc(C#N)ccc1[C@@H](C)O. The van der Waals surface area contributed by atoms with Crippen molar-refractivity contribution in [3.63, 3.8) is 0 Å². The molecule has 20 heavy (non-hydrogen) atoms. The Morgan fingerprint density at radius 2 is 2.20 bits per heavy atom. The third-order valence-electron chi connectivity index (χ3n) is 3.26. The van der Waals surface area contributed by atoms with Crippen molar-refractivity contribution in [2.75, 3.05) is 11.4 Å². The van der Waals surface area contributed by atoms with Crippen molar-refractivity contribution in [2.24, 2.45) is 0 Å². The Morgan fingerprint density at radius 1 is 1.40 bits per heavy atom. The van der Waals surface area contributed by atoms with Gasteiger partial charge in [0, 0.05) is 17.8 Å². The smallest absolute Gasteiger partial charge is 0.123 e. The van der Waals surface area contributed by atoms with E-state index < -0.39 is 6.10 Å². The first-order valence-electron chi connectivity index (χ1n) is 6.65. The number of benzene rings is 1. The third-order valence-corrected chi connectivity index (χ3v) is 3.26. The van der Waals surface area contributed by atoms with Crippen LogP contribution in [0.25, 0.3) is 0 Å². The highest BCUT2D eigenvalue weighted by Crippen LogP contribution is 2.28. The Bertz CT molecular complexity index is 597.